The second-order valence-electron chi connectivity index (χ2n) is 6.38. The first-order valence-corrected chi connectivity index (χ1v) is 7.40. The summed E-state index contributed by atoms with van der Waals surface area (Å²) in [7, 11) is 0. The summed E-state index contributed by atoms with van der Waals surface area (Å²) in [5, 5.41) is 3.35. The van der Waals surface area contributed by atoms with Crippen molar-refractivity contribution < 1.29 is 9.53 Å². The fraction of sp³-hybridized carbons (Fsp3) is 0.933. The lowest BCUT2D eigenvalue weighted by molar-refractivity contribution is -0.154. The third-order valence-corrected chi connectivity index (χ3v) is 3.38. The van der Waals surface area contributed by atoms with Crippen molar-refractivity contribution in [3.05, 3.63) is 0 Å². The first-order valence-electron chi connectivity index (χ1n) is 7.40. The summed E-state index contributed by atoms with van der Waals surface area (Å²) in [6.45, 7) is 7.49. The average molecular weight is 255 g/mol. The van der Waals surface area contributed by atoms with Gasteiger partial charge in [0.25, 0.3) is 0 Å². The van der Waals surface area contributed by atoms with E-state index >= 15 is 0 Å². The van der Waals surface area contributed by atoms with Crippen molar-refractivity contribution >= 4 is 5.97 Å². The van der Waals surface area contributed by atoms with Crippen LogP contribution in [0.4, 0.5) is 0 Å². The molecule has 1 fully saturated rings. The van der Waals surface area contributed by atoms with Gasteiger partial charge in [-0.1, -0.05) is 32.1 Å². The van der Waals surface area contributed by atoms with Gasteiger partial charge in [0.05, 0.1) is 6.42 Å². The molecule has 0 aliphatic heterocycles. The van der Waals surface area contributed by atoms with E-state index in [1.165, 1.54) is 38.5 Å². The van der Waals surface area contributed by atoms with Crippen LogP contribution >= 0.6 is 0 Å². The van der Waals surface area contributed by atoms with Crippen LogP contribution in [-0.2, 0) is 9.53 Å². The van der Waals surface area contributed by atoms with Gasteiger partial charge in [-0.25, -0.2) is 0 Å². The van der Waals surface area contributed by atoms with Crippen LogP contribution < -0.4 is 5.32 Å². The normalized spacial score (nSPS) is 17.7. The molecule has 0 unspecified atom stereocenters. The molecule has 1 saturated carbocycles. The minimum absolute atomic E-state index is 0.104. The second kappa shape index (κ2) is 7.78. The molecule has 18 heavy (non-hydrogen) atoms. The Labute approximate surface area is 112 Å². The first kappa shape index (κ1) is 15.5. The maximum atomic E-state index is 11.5. The molecule has 0 bridgehead atoms. The number of carbonyl (C=O) groups is 1. The quantitative estimate of drug-likeness (QED) is 0.585. The molecule has 1 aliphatic carbocycles. The minimum atomic E-state index is -0.362. The molecule has 0 aromatic carbocycles. The highest BCUT2D eigenvalue weighted by atomic mass is 16.6. The number of hydrogen-bond donors (Lipinski definition) is 1. The van der Waals surface area contributed by atoms with Crippen LogP contribution in [0.15, 0.2) is 0 Å². The van der Waals surface area contributed by atoms with Crippen LogP contribution in [0.5, 0.6) is 0 Å². The van der Waals surface area contributed by atoms with Gasteiger partial charge < -0.3 is 10.1 Å². The third-order valence-electron chi connectivity index (χ3n) is 3.38. The summed E-state index contributed by atoms with van der Waals surface area (Å²) in [6.07, 6.45) is 8.76. The summed E-state index contributed by atoms with van der Waals surface area (Å²) in [4.78, 5) is 11.5. The van der Waals surface area contributed by atoms with Crippen molar-refractivity contribution in [2.24, 2.45) is 5.92 Å². The van der Waals surface area contributed by atoms with Crippen LogP contribution in [0.25, 0.3) is 0 Å². The molecule has 0 aromatic heterocycles. The summed E-state index contributed by atoms with van der Waals surface area (Å²) in [5.41, 5.74) is -0.362. The molecule has 0 aromatic rings. The lowest BCUT2D eigenvalue weighted by Crippen LogP contribution is -2.27. The van der Waals surface area contributed by atoms with Crippen molar-refractivity contribution in [1.29, 1.82) is 0 Å². The topological polar surface area (TPSA) is 38.3 Å². The van der Waals surface area contributed by atoms with E-state index in [-0.39, 0.29) is 11.6 Å². The molecule has 0 amide bonds. The van der Waals surface area contributed by atoms with Gasteiger partial charge in [0, 0.05) is 6.54 Å². The Morgan fingerprint density at radius 3 is 2.44 bits per heavy atom. The maximum absolute atomic E-state index is 11.5. The van der Waals surface area contributed by atoms with Gasteiger partial charge in [-0.15, -0.1) is 0 Å². The third kappa shape index (κ3) is 7.70. The molecule has 106 valence electrons. The van der Waals surface area contributed by atoms with Crippen LogP contribution in [0.1, 0.15) is 65.7 Å². The lowest BCUT2D eigenvalue weighted by atomic mass is 9.87. The van der Waals surface area contributed by atoms with E-state index in [1.54, 1.807) is 0 Å². The number of esters is 1. The highest BCUT2D eigenvalue weighted by Crippen LogP contribution is 2.25. The Balaban J connectivity index is 1.96. The van der Waals surface area contributed by atoms with Crippen molar-refractivity contribution in [3.63, 3.8) is 0 Å². The van der Waals surface area contributed by atoms with E-state index in [2.05, 4.69) is 5.32 Å². The molecule has 0 heterocycles. The number of nitrogens with one attached hydrogen (secondary N) is 1. The first-order chi connectivity index (χ1) is 8.47. The Bertz CT molecular complexity index is 239. The average Bonchev–Trinajstić information content (AvgIpc) is 2.27. The summed E-state index contributed by atoms with van der Waals surface area (Å²) in [6, 6.07) is 0. The van der Waals surface area contributed by atoms with Gasteiger partial charge in [-0.05, 0) is 39.7 Å². The molecular formula is C15H29NO2. The van der Waals surface area contributed by atoms with E-state index in [4.69, 9.17) is 4.74 Å². The molecular weight excluding hydrogens is 226 g/mol. The van der Waals surface area contributed by atoms with Gasteiger partial charge in [-0.2, -0.15) is 0 Å². The van der Waals surface area contributed by atoms with Gasteiger partial charge in [0.15, 0.2) is 0 Å². The SMILES string of the molecule is CC(C)(C)OC(=O)CCNCCC1CCCCC1. The van der Waals surface area contributed by atoms with Gasteiger partial charge >= 0.3 is 5.97 Å². The Hall–Kier alpha value is -0.570. The lowest BCUT2D eigenvalue weighted by Gasteiger charge is -2.21. The predicted molar refractivity (Wildman–Crippen MR) is 74.5 cm³/mol. The molecule has 1 aliphatic rings. The number of ether oxygens (including phenoxy) is 1. The fourth-order valence-corrected chi connectivity index (χ4v) is 2.49. The minimum Gasteiger partial charge on any atom is -0.460 e. The van der Waals surface area contributed by atoms with Gasteiger partial charge in [-0.3, -0.25) is 4.79 Å². The molecule has 3 nitrogen and oxygen atoms in total. The van der Waals surface area contributed by atoms with E-state index in [0.29, 0.717) is 6.42 Å². The van der Waals surface area contributed by atoms with Crippen molar-refractivity contribution in [2.75, 3.05) is 13.1 Å². The van der Waals surface area contributed by atoms with Crippen LogP contribution in [-0.4, -0.2) is 24.7 Å². The zero-order valence-electron chi connectivity index (χ0n) is 12.3. The van der Waals surface area contributed by atoms with Crippen LogP contribution in [0.3, 0.4) is 0 Å². The van der Waals surface area contributed by atoms with E-state index in [1.807, 2.05) is 20.8 Å². The zero-order chi connectivity index (χ0) is 13.4. The fourth-order valence-electron chi connectivity index (χ4n) is 2.49. The molecule has 0 atom stereocenters. The van der Waals surface area contributed by atoms with Crippen molar-refractivity contribution in [2.45, 2.75) is 71.3 Å². The van der Waals surface area contributed by atoms with E-state index in [9.17, 15) is 4.79 Å². The highest BCUT2D eigenvalue weighted by molar-refractivity contribution is 5.70. The smallest absolute Gasteiger partial charge is 0.307 e. The largest absolute Gasteiger partial charge is 0.460 e. The molecule has 1 N–H and O–H groups in total. The standard InChI is InChI=1S/C15H29NO2/c1-15(2,3)18-14(17)10-12-16-11-9-13-7-5-4-6-8-13/h13,16H,4-12H2,1-3H3. The second-order valence-corrected chi connectivity index (χ2v) is 6.38. The monoisotopic (exact) mass is 255 g/mol. The Morgan fingerprint density at radius 1 is 1.17 bits per heavy atom. The summed E-state index contributed by atoms with van der Waals surface area (Å²) in [5.74, 6) is 0.806. The van der Waals surface area contributed by atoms with Gasteiger partial charge in [0.1, 0.15) is 5.60 Å². The van der Waals surface area contributed by atoms with Crippen LogP contribution in [0.2, 0.25) is 0 Å². The Kier molecular flexibility index (Phi) is 6.69. The number of hydrogen-bond acceptors (Lipinski definition) is 3. The van der Waals surface area contributed by atoms with Crippen molar-refractivity contribution in [1.82, 2.24) is 5.32 Å². The summed E-state index contributed by atoms with van der Waals surface area (Å²) >= 11 is 0. The molecule has 0 saturated heterocycles. The molecule has 1 rings (SSSR count). The number of carbonyl (C=O) groups excluding carboxylic acids is 1. The predicted octanol–water partition coefficient (Wildman–Crippen LogP) is 3.28. The summed E-state index contributed by atoms with van der Waals surface area (Å²) < 4.78 is 5.26. The van der Waals surface area contributed by atoms with E-state index < -0.39 is 0 Å². The molecule has 0 spiro atoms. The molecule has 3 heteroatoms. The molecule has 0 radical (unpaired) electrons. The van der Waals surface area contributed by atoms with Crippen LogP contribution in [0, 0.1) is 5.92 Å². The van der Waals surface area contributed by atoms with E-state index in [0.717, 1.165) is 19.0 Å². The highest BCUT2D eigenvalue weighted by Gasteiger charge is 2.16. The van der Waals surface area contributed by atoms with Crippen molar-refractivity contribution in [3.8, 4) is 0 Å². The van der Waals surface area contributed by atoms with Gasteiger partial charge in [0.2, 0.25) is 0 Å². The maximum Gasteiger partial charge on any atom is 0.307 e. The Morgan fingerprint density at radius 2 is 1.83 bits per heavy atom. The zero-order valence-corrected chi connectivity index (χ0v) is 12.3. The number of rotatable bonds is 6.